The monoisotopic (exact) mass is 1870 g/mol. The molecule has 147 heavy (non-hydrogen) atoms. The molecule has 0 aliphatic heterocycles. The van der Waals surface area contributed by atoms with Crippen molar-refractivity contribution in [2.75, 3.05) is 0 Å². The SMILES string of the molecule is c1ccc(-n2c3ccccc3c3ccc(-c4ccc5c6ccccc6n(-c6cccc7oc8ccccc8c67)c5c4)cc32)cc1.c1ccc(-n2c3ccccc3c3ccc(-c4ccc5c6ccccc6n(-c6ccccc6-c6ccc7c(c6)oc6ccccc67)c5c4)cc32)cc1.c1ccc(-n2c3ccccc3c3ccc(-c4ccc5c6ccccc6n(-c6ccccc6-c6cccc7c6oc6ccccc67)c5c4)cc32)cc1. The smallest absolute Gasteiger partial charge is 0.143 e. The van der Waals surface area contributed by atoms with E-state index in [1.807, 2.05) is 30.3 Å². The summed E-state index contributed by atoms with van der Waals surface area (Å²) in [7, 11) is 0. The molecule has 0 spiro atoms. The Morgan fingerprint density at radius 3 is 0.782 bits per heavy atom. The van der Waals surface area contributed by atoms with Gasteiger partial charge in [0.25, 0.3) is 0 Å². The Labute approximate surface area is 842 Å². The highest BCUT2D eigenvalue weighted by atomic mass is 16.3. The summed E-state index contributed by atoms with van der Waals surface area (Å²) in [6.07, 6.45) is 0. The Kier molecular flexibility index (Phi) is 18.9. The topological polar surface area (TPSA) is 69.0 Å². The van der Waals surface area contributed by atoms with Crippen LogP contribution in [0.4, 0.5) is 0 Å². The predicted molar refractivity (Wildman–Crippen MR) is 614 cm³/mol. The summed E-state index contributed by atoms with van der Waals surface area (Å²) in [5, 5.41) is 21.8. The molecule has 686 valence electrons. The number of benzene rings is 23. The van der Waals surface area contributed by atoms with Crippen LogP contribution in [0.15, 0.2) is 535 Å². The molecule has 0 atom stereocenters. The van der Waals surface area contributed by atoms with Crippen molar-refractivity contribution in [3.05, 3.63) is 522 Å². The molecule has 0 bridgehead atoms. The lowest BCUT2D eigenvalue weighted by Gasteiger charge is -2.15. The lowest BCUT2D eigenvalue weighted by molar-refractivity contribution is 0.668. The second-order valence-electron chi connectivity index (χ2n) is 38.4. The highest BCUT2D eigenvalue weighted by Gasteiger charge is 2.27. The van der Waals surface area contributed by atoms with Crippen molar-refractivity contribution in [1.82, 2.24) is 27.4 Å². The van der Waals surface area contributed by atoms with Crippen LogP contribution >= 0.6 is 0 Å². The molecule has 32 aromatic rings. The fraction of sp³-hybridized carbons (Fsp3) is 0. The van der Waals surface area contributed by atoms with Crippen LogP contribution in [0.3, 0.4) is 0 Å². The number of aromatic nitrogens is 6. The largest absolute Gasteiger partial charge is 0.456 e. The summed E-state index contributed by atoms with van der Waals surface area (Å²) < 4.78 is 33.6. The van der Waals surface area contributed by atoms with Crippen molar-refractivity contribution < 1.29 is 13.3 Å². The van der Waals surface area contributed by atoms with Crippen molar-refractivity contribution in [3.8, 4) is 89.8 Å². The molecular weight excluding hydrogens is 1790 g/mol. The van der Waals surface area contributed by atoms with E-state index in [4.69, 9.17) is 13.3 Å². The van der Waals surface area contributed by atoms with E-state index in [0.29, 0.717) is 0 Å². The van der Waals surface area contributed by atoms with E-state index in [0.717, 1.165) is 122 Å². The van der Waals surface area contributed by atoms with Crippen LogP contribution in [-0.2, 0) is 0 Å². The minimum Gasteiger partial charge on any atom is -0.456 e. The fourth-order valence-corrected chi connectivity index (χ4v) is 23.8. The summed E-state index contributed by atoms with van der Waals surface area (Å²) in [5.74, 6) is 0. The molecule has 32 rings (SSSR count). The number of furan rings is 3. The van der Waals surface area contributed by atoms with E-state index in [2.05, 4.69) is 519 Å². The van der Waals surface area contributed by atoms with Gasteiger partial charge < -0.3 is 40.7 Å². The Balaban J connectivity index is 0.000000102. The normalized spacial score (nSPS) is 11.9. The van der Waals surface area contributed by atoms with Crippen LogP contribution < -0.4 is 0 Å². The quantitative estimate of drug-likeness (QED) is 0.130. The lowest BCUT2D eigenvalue weighted by atomic mass is 10.00. The molecule has 9 aromatic heterocycles. The third-order valence-corrected chi connectivity index (χ3v) is 30.4. The van der Waals surface area contributed by atoms with Gasteiger partial charge in [0.1, 0.15) is 33.5 Å². The first-order valence-corrected chi connectivity index (χ1v) is 50.2. The molecule has 9 heteroatoms. The zero-order valence-corrected chi connectivity index (χ0v) is 79.6. The first-order chi connectivity index (χ1) is 72.9. The first kappa shape index (κ1) is 83.1. The fourth-order valence-electron chi connectivity index (χ4n) is 23.8. The van der Waals surface area contributed by atoms with Gasteiger partial charge in [-0.15, -0.1) is 0 Å². The molecule has 9 nitrogen and oxygen atoms in total. The third-order valence-electron chi connectivity index (χ3n) is 30.4. The molecular formula is C138H86N6O3. The third kappa shape index (κ3) is 13.2. The van der Waals surface area contributed by atoms with E-state index in [1.165, 1.54) is 164 Å². The number of hydrogen-bond donors (Lipinski definition) is 0. The molecule has 23 aromatic carbocycles. The molecule has 0 saturated carbocycles. The minimum atomic E-state index is 0.898. The minimum absolute atomic E-state index is 0.898. The van der Waals surface area contributed by atoms with Crippen LogP contribution in [0, 0.1) is 0 Å². The van der Waals surface area contributed by atoms with Crippen LogP contribution in [0.5, 0.6) is 0 Å². The van der Waals surface area contributed by atoms with Gasteiger partial charge in [0.2, 0.25) is 0 Å². The summed E-state index contributed by atoms with van der Waals surface area (Å²) in [4.78, 5) is 0. The molecule has 0 unspecified atom stereocenters. The van der Waals surface area contributed by atoms with Gasteiger partial charge in [0.15, 0.2) is 0 Å². The maximum absolute atomic E-state index is 6.55. The van der Waals surface area contributed by atoms with Gasteiger partial charge in [0.05, 0.1) is 88.6 Å². The van der Waals surface area contributed by atoms with Crippen molar-refractivity contribution in [1.29, 1.82) is 0 Å². The van der Waals surface area contributed by atoms with Gasteiger partial charge >= 0.3 is 0 Å². The van der Waals surface area contributed by atoms with E-state index < -0.39 is 0 Å². The van der Waals surface area contributed by atoms with Gasteiger partial charge in [-0.25, -0.2) is 0 Å². The van der Waals surface area contributed by atoms with Crippen LogP contribution in [-0.4, -0.2) is 27.4 Å². The van der Waals surface area contributed by atoms with E-state index in [1.54, 1.807) is 0 Å². The zero-order valence-electron chi connectivity index (χ0n) is 79.6. The van der Waals surface area contributed by atoms with E-state index in [9.17, 15) is 0 Å². The van der Waals surface area contributed by atoms with Crippen molar-refractivity contribution in [3.63, 3.8) is 0 Å². The number of hydrogen-bond acceptors (Lipinski definition) is 3. The standard InChI is InChI=1S/2C48H30N2O.C42H26N2O/c1-2-13-33(14-3-1)49-42-21-8-4-15-34(42)37-27-25-31(29-45(37)49)32-26-28-38-35-16-5-9-22-43(35)50(46(38)30-32)44-23-10-6-17-36(44)40-19-12-20-41-39-18-7-11-24-47(39)51-48(40)41;1-2-12-34(13-3-1)49-43-19-9-5-15-36(43)38-25-22-31(28-45(38)49)32-23-26-39-37-16-6-10-20-44(37)50(46(39)29-32)42-18-8-4-14-35(42)33-24-27-41-40-17-7-11-21-47(40)51-48(41)30-33;1-2-11-29(12-3-1)43-35-16-7-4-13-30(35)32-23-21-27(25-38(32)43)28-22-24-33-31-14-5-8-17-36(31)44(39(33)26-28)37-18-10-20-41-42(37)34-15-6-9-19-40(34)45-41/h2*1-30H;1-26H. The van der Waals surface area contributed by atoms with E-state index in [-0.39, 0.29) is 0 Å². The summed E-state index contributed by atoms with van der Waals surface area (Å²) in [5.41, 5.74) is 38.2. The summed E-state index contributed by atoms with van der Waals surface area (Å²) in [6.45, 7) is 0. The predicted octanol–water partition coefficient (Wildman–Crippen LogP) is 37.7. The molecule has 0 saturated heterocycles. The lowest BCUT2D eigenvalue weighted by Crippen LogP contribution is -1.97. The second kappa shape index (κ2) is 33.5. The van der Waals surface area contributed by atoms with Crippen molar-refractivity contribution in [2.45, 2.75) is 0 Å². The van der Waals surface area contributed by atoms with Crippen LogP contribution in [0.25, 0.3) is 286 Å². The van der Waals surface area contributed by atoms with Gasteiger partial charge in [-0.2, -0.15) is 0 Å². The Morgan fingerprint density at radius 2 is 0.367 bits per heavy atom. The molecule has 0 aliphatic carbocycles. The highest BCUT2D eigenvalue weighted by Crippen LogP contribution is 2.49. The summed E-state index contributed by atoms with van der Waals surface area (Å²) >= 11 is 0. The Bertz CT molecular complexity index is 11000. The molecule has 9 heterocycles. The Hall–Kier alpha value is -19.7. The maximum atomic E-state index is 6.55. The Morgan fingerprint density at radius 1 is 0.122 bits per heavy atom. The van der Waals surface area contributed by atoms with Gasteiger partial charge in [0, 0.05) is 125 Å². The first-order valence-electron chi connectivity index (χ1n) is 50.2. The van der Waals surface area contributed by atoms with Gasteiger partial charge in [-0.1, -0.05) is 358 Å². The number of nitrogens with zero attached hydrogens (tertiary/aromatic N) is 6. The number of para-hydroxylation sites is 15. The number of rotatable bonds is 11. The van der Waals surface area contributed by atoms with Crippen LogP contribution in [0.1, 0.15) is 0 Å². The van der Waals surface area contributed by atoms with Crippen LogP contribution in [0.2, 0.25) is 0 Å². The highest BCUT2D eigenvalue weighted by molar-refractivity contribution is 6.20. The van der Waals surface area contributed by atoms with Crippen molar-refractivity contribution in [2.24, 2.45) is 0 Å². The zero-order chi connectivity index (χ0) is 96.4. The molecule has 0 radical (unpaired) electrons. The number of fused-ring (bicyclic) bond motifs is 27. The second-order valence-corrected chi connectivity index (χ2v) is 38.4. The van der Waals surface area contributed by atoms with Gasteiger partial charge in [-0.3, -0.25) is 0 Å². The van der Waals surface area contributed by atoms with Gasteiger partial charge in [-0.05, 0) is 203 Å². The molecule has 0 aliphatic rings. The molecule has 0 N–H and O–H groups in total. The van der Waals surface area contributed by atoms with E-state index >= 15 is 0 Å². The summed E-state index contributed by atoms with van der Waals surface area (Å²) in [6, 6.07) is 188. The van der Waals surface area contributed by atoms with Crippen molar-refractivity contribution >= 4 is 197 Å². The average Bonchev–Trinajstić information content (AvgIpc) is 1.57. The average molecular weight is 1880 g/mol. The molecule has 0 fully saturated rings. The maximum Gasteiger partial charge on any atom is 0.143 e. The molecule has 0 amide bonds.